The summed E-state index contributed by atoms with van der Waals surface area (Å²) in [5.41, 5.74) is 1.23. The number of ether oxygens (including phenoxy) is 1. The summed E-state index contributed by atoms with van der Waals surface area (Å²) in [5.74, 6) is 0.248. The fraction of sp³-hybridized carbons (Fsp3) is 0.500. The average Bonchev–Trinajstić information content (AvgIpc) is 2.30. The highest BCUT2D eigenvalue weighted by molar-refractivity contribution is 5.50. The number of benzene rings is 1. The van der Waals surface area contributed by atoms with Gasteiger partial charge in [-0.05, 0) is 31.2 Å². The Morgan fingerprint density at radius 3 is 2.65 bits per heavy atom. The molecule has 0 amide bonds. The lowest BCUT2D eigenvalue weighted by molar-refractivity contribution is -0.112. The molecule has 0 saturated carbocycles. The molecule has 0 saturated heterocycles. The van der Waals surface area contributed by atoms with Crippen molar-refractivity contribution in [3.05, 3.63) is 35.9 Å². The van der Waals surface area contributed by atoms with Crippen molar-refractivity contribution in [2.75, 3.05) is 13.2 Å². The van der Waals surface area contributed by atoms with Gasteiger partial charge >= 0.3 is 0 Å². The summed E-state index contributed by atoms with van der Waals surface area (Å²) in [6, 6.07) is 10.1. The molecule has 2 unspecified atom stereocenters. The molecular formula is C14H20O3. The normalized spacial score (nSPS) is 14.2. The number of carbonyl (C=O) groups excluding carboxylic acids is 1. The van der Waals surface area contributed by atoms with Gasteiger partial charge in [0.1, 0.15) is 12.9 Å². The summed E-state index contributed by atoms with van der Waals surface area (Å²) >= 11 is 0. The van der Waals surface area contributed by atoms with Crippen molar-refractivity contribution < 1.29 is 14.6 Å². The largest absolute Gasteiger partial charge is 0.393 e. The average molecular weight is 236 g/mol. The van der Waals surface area contributed by atoms with Crippen LogP contribution in [0.2, 0.25) is 0 Å². The summed E-state index contributed by atoms with van der Waals surface area (Å²) in [6.45, 7) is 2.42. The van der Waals surface area contributed by atoms with Gasteiger partial charge in [-0.1, -0.05) is 30.3 Å². The molecule has 0 bridgehead atoms. The molecule has 2 atom stereocenters. The van der Waals surface area contributed by atoms with Crippen molar-refractivity contribution >= 4 is 6.29 Å². The van der Waals surface area contributed by atoms with Crippen LogP contribution in [-0.2, 0) is 16.0 Å². The fourth-order valence-corrected chi connectivity index (χ4v) is 1.92. The van der Waals surface area contributed by atoms with Crippen LogP contribution >= 0.6 is 0 Å². The van der Waals surface area contributed by atoms with Gasteiger partial charge in [0, 0.05) is 0 Å². The third-order valence-electron chi connectivity index (χ3n) is 2.58. The highest BCUT2D eigenvalue weighted by atomic mass is 16.5. The minimum Gasteiger partial charge on any atom is -0.393 e. The Labute approximate surface area is 102 Å². The summed E-state index contributed by atoms with van der Waals surface area (Å²) < 4.78 is 5.24. The smallest absolute Gasteiger partial charge is 0.145 e. The molecule has 1 rings (SSSR count). The molecule has 0 heterocycles. The van der Waals surface area contributed by atoms with Crippen LogP contribution in [0.3, 0.4) is 0 Å². The van der Waals surface area contributed by atoms with Crippen molar-refractivity contribution in [2.45, 2.75) is 25.9 Å². The molecule has 3 heteroatoms. The van der Waals surface area contributed by atoms with Crippen LogP contribution in [0.15, 0.2) is 30.3 Å². The van der Waals surface area contributed by atoms with E-state index in [0.29, 0.717) is 13.0 Å². The van der Waals surface area contributed by atoms with Crippen LogP contribution in [-0.4, -0.2) is 30.7 Å². The molecule has 0 aliphatic rings. The predicted molar refractivity (Wildman–Crippen MR) is 66.8 cm³/mol. The zero-order valence-electron chi connectivity index (χ0n) is 10.2. The molecule has 94 valence electrons. The van der Waals surface area contributed by atoms with Crippen molar-refractivity contribution in [1.82, 2.24) is 0 Å². The Hall–Kier alpha value is -1.19. The second kappa shape index (κ2) is 7.98. The Kier molecular flexibility index (Phi) is 6.51. The molecule has 1 aromatic carbocycles. The summed E-state index contributed by atoms with van der Waals surface area (Å²) in [6.07, 6.45) is 1.96. The number of rotatable bonds is 8. The second-order valence-corrected chi connectivity index (χ2v) is 4.34. The molecule has 1 N–H and O–H groups in total. The van der Waals surface area contributed by atoms with Gasteiger partial charge in [-0.15, -0.1) is 0 Å². The van der Waals surface area contributed by atoms with E-state index in [1.807, 2.05) is 18.2 Å². The van der Waals surface area contributed by atoms with Crippen LogP contribution in [0, 0.1) is 5.92 Å². The quantitative estimate of drug-likeness (QED) is 0.553. The van der Waals surface area contributed by atoms with Crippen LogP contribution in [0.25, 0.3) is 0 Å². The zero-order chi connectivity index (χ0) is 12.5. The maximum absolute atomic E-state index is 10.2. The SMILES string of the molecule is CC(O)CC(COCC=O)Cc1ccccc1. The highest BCUT2D eigenvalue weighted by Crippen LogP contribution is 2.14. The van der Waals surface area contributed by atoms with E-state index >= 15 is 0 Å². The van der Waals surface area contributed by atoms with Gasteiger partial charge in [0.2, 0.25) is 0 Å². The summed E-state index contributed by atoms with van der Waals surface area (Å²) in [4.78, 5) is 10.2. The van der Waals surface area contributed by atoms with Gasteiger partial charge in [-0.25, -0.2) is 0 Å². The molecule has 0 aliphatic carbocycles. The predicted octanol–water partition coefficient (Wildman–Crippen LogP) is 1.83. The van der Waals surface area contributed by atoms with Crippen molar-refractivity contribution in [3.63, 3.8) is 0 Å². The minimum absolute atomic E-state index is 0.130. The van der Waals surface area contributed by atoms with Crippen molar-refractivity contribution in [2.24, 2.45) is 5.92 Å². The molecule has 0 aliphatic heterocycles. The van der Waals surface area contributed by atoms with E-state index in [4.69, 9.17) is 4.74 Å². The topological polar surface area (TPSA) is 46.5 Å². The van der Waals surface area contributed by atoms with E-state index in [2.05, 4.69) is 12.1 Å². The number of hydrogen-bond acceptors (Lipinski definition) is 3. The number of carbonyl (C=O) groups is 1. The van der Waals surface area contributed by atoms with Crippen molar-refractivity contribution in [1.29, 1.82) is 0 Å². The van der Waals surface area contributed by atoms with Gasteiger partial charge < -0.3 is 14.6 Å². The van der Waals surface area contributed by atoms with Gasteiger partial charge in [0.15, 0.2) is 0 Å². The summed E-state index contributed by atoms with van der Waals surface area (Å²) in [5, 5.41) is 9.43. The third kappa shape index (κ3) is 6.19. The Bertz CT molecular complexity index is 309. The van der Waals surface area contributed by atoms with Crippen LogP contribution < -0.4 is 0 Å². The maximum atomic E-state index is 10.2. The molecule has 0 aromatic heterocycles. The van der Waals surface area contributed by atoms with E-state index < -0.39 is 0 Å². The first-order valence-corrected chi connectivity index (χ1v) is 5.95. The molecule has 3 nitrogen and oxygen atoms in total. The molecule has 17 heavy (non-hydrogen) atoms. The molecule has 0 fully saturated rings. The first-order valence-electron chi connectivity index (χ1n) is 5.95. The first kappa shape index (κ1) is 13.9. The number of aldehydes is 1. The zero-order valence-corrected chi connectivity index (χ0v) is 10.2. The van der Waals surface area contributed by atoms with Gasteiger partial charge in [0.05, 0.1) is 12.7 Å². The number of aliphatic hydroxyl groups is 1. The van der Waals surface area contributed by atoms with Gasteiger partial charge in [0.25, 0.3) is 0 Å². The lowest BCUT2D eigenvalue weighted by Gasteiger charge is -2.18. The van der Waals surface area contributed by atoms with E-state index in [9.17, 15) is 9.90 Å². The fourth-order valence-electron chi connectivity index (χ4n) is 1.92. The Morgan fingerprint density at radius 1 is 1.35 bits per heavy atom. The Morgan fingerprint density at radius 2 is 2.06 bits per heavy atom. The maximum Gasteiger partial charge on any atom is 0.145 e. The number of aliphatic hydroxyl groups excluding tert-OH is 1. The first-order chi connectivity index (χ1) is 8.22. The van der Waals surface area contributed by atoms with Crippen LogP contribution in [0.4, 0.5) is 0 Å². The minimum atomic E-state index is -0.344. The standard InChI is InChI=1S/C14H20O3/c1-12(16)9-14(11-17-8-7-15)10-13-5-3-2-4-6-13/h2-7,12,14,16H,8-11H2,1H3. The van der Waals surface area contributed by atoms with Gasteiger partial charge in [-0.3, -0.25) is 0 Å². The van der Waals surface area contributed by atoms with Gasteiger partial charge in [-0.2, -0.15) is 0 Å². The Balaban J connectivity index is 2.47. The molecule has 0 radical (unpaired) electrons. The van der Waals surface area contributed by atoms with Crippen molar-refractivity contribution in [3.8, 4) is 0 Å². The summed E-state index contributed by atoms with van der Waals surface area (Å²) in [7, 11) is 0. The van der Waals surface area contributed by atoms with Crippen LogP contribution in [0.5, 0.6) is 0 Å². The lowest BCUT2D eigenvalue weighted by atomic mass is 9.95. The third-order valence-corrected chi connectivity index (χ3v) is 2.58. The molecule has 1 aromatic rings. The van der Waals surface area contributed by atoms with E-state index in [0.717, 1.165) is 12.7 Å². The van der Waals surface area contributed by atoms with E-state index in [1.165, 1.54) is 5.56 Å². The van der Waals surface area contributed by atoms with E-state index in [1.54, 1.807) is 6.92 Å². The lowest BCUT2D eigenvalue weighted by Crippen LogP contribution is -2.18. The highest BCUT2D eigenvalue weighted by Gasteiger charge is 2.12. The van der Waals surface area contributed by atoms with E-state index in [-0.39, 0.29) is 18.6 Å². The molecule has 0 spiro atoms. The number of hydrogen-bond donors (Lipinski definition) is 1. The molecular weight excluding hydrogens is 216 g/mol. The van der Waals surface area contributed by atoms with Crippen LogP contribution in [0.1, 0.15) is 18.9 Å². The monoisotopic (exact) mass is 236 g/mol. The second-order valence-electron chi connectivity index (χ2n) is 4.34.